The fraction of sp³-hybridized carbons (Fsp3) is 0.348. The first-order chi connectivity index (χ1) is 14.6. The van der Waals surface area contributed by atoms with Crippen molar-refractivity contribution in [3.05, 3.63) is 70.9 Å². The van der Waals surface area contributed by atoms with E-state index in [0.29, 0.717) is 11.5 Å². The molecular formula is C23H27FN2O4S. The average Bonchev–Trinajstić information content (AvgIpc) is 3.02. The first kappa shape index (κ1) is 22.8. The Kier molecular flexibility index (Phi) is 6.69. The molecule has 1 heterocycles. The van der Waals surface area contributed by atoms with Gasteiger partial charge in [-0.3, -0.25) is 4.31 Å². The third-order valence-electron chi connectivity index (χ3n) is 4.88. The molecule has 0 atom stereocenters. The monoisotopic (exact) mass is 446 g/mol. The second kappa shape index (κ2) is 9.09. The van der Waals surface area contributed by atoms with E-state index < -0.39 is 15.8 Å². The molecule has 0 N–H and O–H groups in total. The maximum atomic E-state index is 14.6. The van der Waals surface area contributed by atoms with Gasteiger partial charge in [0.1, 0.15) is 23.9 Å². The summed E-state index contributed by atoms with van der Waals surface area (Å²) in [7, 11) is -3.96. The van der Waals surface area contributed by atoms with Crippen LogP contribution in [0.25, 0.3) is 0 Å². The molecule has 0 spiro atoms. The lowest BCUT2D eigenvalue weighted by molar-refractivity contribution is 0.301. The van der Waals surface area contributed by atoms with E-state index >= 15 is 0 Å². The van der Waals surface area contributed by atoms with E-state index in [1.807, 2.05) is 27.7 Å². The summed E-state index contributed by atoms with van der Waals surface area (Å²) in [6, 6.07) is 10.7. The minimum absolute atomic E-state index is 0.00753. The summed E-state index contributed by atoms with van der Waals surface area (Å²) in [5, 5.41) is 3.89. The van der Waals surface area contributed by atoms with Crippen LogP contribution in [-0.4, -0.2) is 20.1 Å². The molecule has 0 aliphatic heterocycles. The highest BCUT2D eigenvalue weighted by Gasteiger charge is 2.28. The minimum Gasteiger partial charge on any atom is -0.489 e. The molecule has 0 amide bonds. The first-order valence-corrected chi connectivity index (χ1v) is 11.5. The summed E-state index contributed by atoms with van der Waals surface area (Å²) in [6.45, 7) is 9.60. The largest absolute Gasteiger partial charge is 0.489 e. The first-order valence-electron chi connectivity index (χ1n) is 10.0. The molecule has 0 unspecified atom stereocenters. The van der Waals surface area contributed by atoms with E-state index in [2.05, 4.69) is 5.16 Å². The normalized spacial score (nSPS) is 11.7. The van der Waals surface area contributed by atoms with E-state index in [0.717, 1.165) is 21.1 Å². The Morgan fingerprint density at radius 1 is 1.10 bits per heavy atom. The van der Waals surface area contributed by atoms with Crippen LogP contribution in [0.4, 0.5) is 10.1 Å². The van der Waals surface area contributed by atoms with Gasteiger partial charge in [-0.25, -0.2) is 12.8 Å². The fourth-order valence-electron chi connectivity index (χ4n) is 3.17. The standard InChI is InChI=1S/C23H27FN2O4S/c1-15(2)13-26(23-11-6-16(3)12-22(23)24)31(27,28)20-9-7-19(8-10-20)29-14-21-17(4)25-30-18(21)5/h6-12,15H,13-14H2,1-5H3. The Morgan fingerprint density at radius 2 is 1.77 bits per heavy atom. The van der Waals surface area contributed by atoms with Crippen molar-refractivity contribution in [1.29, 1.82) is 0 Å². The Balaban J connectivity index is 1.86. The second-order valence-electron chi connectivity index (χ2n) is 7.95. The quantitative estimate of drug-likeness (QED) is 0.477. The summed E-state index contributed by atoms with van der Waals surface area (Å²) in [4.78, 5) is 0.0674. The third-order valence-corrected chi connectivity index (χ3v) is 6.67. The van der Waals surface area contributed by atoms with Crippen molar-refractivity contribution in [2.75, 3.05) is 10.8 Å². The Labute approximate surface area is 182 Å². The topological polar surface area (TPSA) is 72.6 Å². The SMILES string of the molecule is Cc1ccc(N(CC(C)C)S(=O)(=O)c2ccc(OCc3c(C)noc3C)cc2)c(F)c1. The van der Waals surface area contributed by atoms with Gasteiger partial charge < -0.3 is 9.26 Å². The summed E-state index contributed by atoms with van der Waals surface area (Å²) in [5.74, 6) is 0.633. The lowest BCUT2D eigenvalue weighted by Crippen LogP contribution is -2.35. The van der Waals surface area contributed by atoms with Crippen molar-refractivity contribution in [2.24, 2.45) is 5.92 Å². The minimum atomic E-state index is -3.96. The molecule has 2 aromatic carbocycles. The van der Waals surface area contributed by atoms with Crippen LogP contribution in [0.5, 0.6) is 5.75 Å². The van der Waals surface area contributed by atoms with Gasteiger partial charge in [-0.2, -0.15) is 0 Å². The highest BCUT2D eigenvalue weighted by molar-refractivity contribution is 7.92. The molecule has 0 radical (unpaired) electrons. The predicted octanol–water partition coefficient (Wildman–Crippen LogP) is 5.17. The molecule has 6 nitrogen and oxygen atoms in total. The van der Waals surface area contributed by atoms with Crippen molar-refractivity contribution in [2.45, 2.75) is 46.1 Å². The number of anilines is 1. The van der Waals surface area contributed by atoms with Gasteiger partial charge in [-0.15, -0.1) is 0 Å². The lowest BCUT2D eigenvalue weighted by Gasteiger charge is -2.27. The number of aromatic nitrogens is 1. The van der Waals surface area contributed by atoms with Gasteiger partial charge >= 0.3 is 0 Å². The smallest absolute Gasteiger partial charge is 0.264 e. The maximum absolute atomic E-state index is 14.6. The van der Waals surface area contributed by atoms with Crippen LogP contribution in [0.3, 0.4) is 0 Å². The van der Waals surface area contributed by atoms with Crippen molar-refractivity contribution in [3.8, 4) is 5.75 Å². The van der Waals surface area contributed by atoms with Crippen molar-refractivity contribution >= 4 is 15.7 Å². The number of halogens is 1. The van der Waals surface area contributed by atoms with Crippen LogP contribution in [0.15, 0.2) is 51.9 Å². The number of benzene rings is 2. The number of hydrogen-bond donors (Lipinski definition) is 0. The van der Waals surface area contributed by atoms with Gasteiger partial charge in [0.25, 0.3) is 10.0 Å². The van der Waals surface area contributed by atoms with Gasteiger partial charge in [0, 0.05) is 6.54 Å². The lowest BCUT2D eigenvalue weighted by atomic mass is 10.2. The van der Waals surface area contributed by atoms with Crippen molar-refractivity contribution in [1.82, 2.24) is 5.16 Å². The van der Waals surface area contributed by atoms with E-state index in [9.17, 15) is 12.8 Å². The summed E-state index contributed by atoms with van der Waals surface area (Å²) in [5.41, 5.74) is 2.37. The zero-order valence-corrected chi connectivity index (χ0v) is 19.2. The second-order valence-corrected chi connectivity index (χ2v) is 9.81. The zero-order valence-electron chi connectivity index (χ0n) is 18.3. The van der Waals surface area contributed by atoms with E-state index in [1.54, 1.807) is 25.1 Å². The number of aryl methyl sites for hydroxylation is 3. The maximum Gasteiger partial charge on any atom is 0.264 e. The van der Waals surface area contributed by atoms with E-state index in [-0.39, 0.29) is 29.7 Å². The number of sulfonamides is 1. The highest BCUT2D eigenvalue weighted by Crippen LogP contribution is 2.29. The van der Waals surface area contributed by atoms with Gasteiger partial charge in [0.2, 0.25) is 0 Å². The molecule has 0 bridgehead atoms. The predicted molar refractivity (Wildman–Crippen MR) is 117 cm³/mol. The number of nitrogens with zero attached hydrogens (tertiary/aromatic N) is 2. The number of ether oxygens (including phenoxy) is 1. The Hall–Kier alpha value is -2.87. The molecular weight excluding hydrogens is 419 g/mol. The summed E-state index contributed by atoms with van der Waals surface area (Å²) in [6.07, 6.45) is 0. The van der Waals surface area contributed by atoms with Gasteiger partial charge in [0.15, 0.2) is 0 Å². The molecule has 31 heavy (non-hydrogen) atoms. The van der Waals surface area contributed by atoms with E-state index in [1.165, 1.54) is 24.3 Å². The molecule has 166 valence electrons. The molecule has 0 aliphatic carbocycles. The molecule has 1 aromatic heterocycles. The number of rotatable bonds is 8. The molecule has 0 aliphatic rings. The van der Waals surface area contributed by atoms with Gasteiger partial charge in [-0.1, -0.05) is 25.1 Å². The molecule has 0 fully saturated rings. The van der Waals surface area contributed by atoms with Crippen LogP contribution in [0.1, 0.15) is 36.4 Å². The van der Waals surface area contributed by atoms with Crippen molar-refractivity contribution < 1.29 is 22.1 Å². The molecule has 3 aromatic rings. The Morgan fingerprint density at radius 3 is 2.32 bits per heavy atom. The molecule has 3 rings (SSSR count). The van der Waals surface area contributed by atoms with Gasteiger partial charge in [0.05, 0.1) is 21.8 Å². The number of hydrogen-bond acceptors (Lipinski definition) is 5. The molecule has 8 heteroatoms. The zero-order chi connectivity index (χ0) is 22.8. The Bertz CT molecular complexity index is 1140. The summed E-state index contributed by atoms with van der Waals surface area (Å²) < 4.78 is 53.3. The summed E-state index contributed by atoms with van der Waals surface area (Å²) >= 11 is 0. The van der Waals surface area contributed by atoms with Crippen LogP contribution in [0.2, 0.25) is 0 Å². The van der Waals surface area contributed by atoms with Crippen LogP contribution in [0, 0.1) is 32.5 Å². The van der Waals surface area contributed by atoms with Crippen LogP contribution in [-0.2, 0) is 16.6 Å². The fourth-order valence-corrected chi connectivity index (χ4v) is 4.81. The van der Waals surface area contributed by atoms with Crippen LogP contribution >= 0.6 is 0 Å². The van der Waals surface area contributed by atoms with Crippen LogP contribution < -0.4 is 9.04 Å². The average molecular weight is 447 g/mol. The molecule has 0 saturated carbocycles. The van der Waals surface area contributed by atoms with Gasteiger partial charge in [-0.05, 0) is 68.7 Å². The van der Waals surface area contributed by atoms with Crippen molar-refractivity contribution in [3.63, 3.8) is 0 Å². The third kappa shape index (κ3) is 5.07. The van der Waals surface area contributed by atoms with E-state index in [4.69, 9.17) is 9.26 Å². The molecule has 0 saturated heterocycles. The highest BCUT2D eigenvalue weighted by atomic mass is 32.2.